The van der Waals surface area contributed by atoms with Crippen LogP contribution in [-0.4, -0.2) is 36.7 Å². The molecule has 6 heteroatoms. The van der Waals surface area contributed by atoms with Crippen LogP contribution in [0.2, 0.25) is 0 Å². The van der Waals surface area contributed by atoms with Crippen molar-refractivity contribution in [1.29, 1.82) is 5.26 Å². The van der Waals surface area contributed by atoms with E-state index in [1.807, 2.05) is 31.2 Å². The molecule has 1 aliphatic rings. The smallest absolute Gasteiger partial charge is 0.335 e. The van der Waals surface area contributed by atoms with Crippen LogP contribution < -0.4 is 4.90 Å². The van der Waals surface area contributed by atoms with Crippen LogP contribution in [0.25, 0.3) is 0 Å². The molecule has 2 aromatic carbocycles. The van der Waals surface area contributed by atoms with Gasteiger partial charge in [0.25, 0.3) is 0 Å². The van der Waals surface area contributed by atoms with Crippen molar-refractivity contribution in [3.63, 3.8) is 0 Å². The number of carbonyl (C=O) groups is 2. The van der Waals surface area contributed by atoms with E-state index in [1.54, 1.807) is 26.0 Å². The first-order valence-corrected chi connectivity index (χ1v) is 10.6. The van der Waals surface area contributed by atoms with Gasteiger partial charge in [0.05, 0.1) is 28.8 Å². The minimum atomic E-state index is -0.966. The number of carboxylic acids is 1. The number of aryl methyl sites for hydroxylation is 2. The van der Waals surface area contributed by atoms with E-state index in [4.69, 9.17) is 4.74 Å². The van der Waals surface area contributed by atoms with Crippen LogP contribution in [0.1, 0.15) is 52.4 Å². The SMILES string of the molecule is CCOC(=O)C1(Cc2cc(C(=O)O)c(C)cc2C)CCN(c2ccccc2C#N)CC1. The maximum absolute atomic E-state index is 13.1. The second kappa shape index (κ2) is 9.22. The van der Waals surface area contributed by atoms with Gasteiger partial charge in [-0.3, -0.25) is 4.79 Å². The molecule has 1 N–H and O–H groups in total. The highest BCUT2D eigenvalue weighted by molar-refractivity contribution is 5.89. The van der Waals surface area contributed by atoms with E-state index in [2.05, 4.69) is 11.0 Å². The summed E-state index contributed by atoms with van der Waals surface area (Å²) in [5.74, 6) is -1.20. The number of hydrogen-bond acceptors (Lipinski definition) is 5. The molecule has 0 spiro atoms. The predicted molar refractivity (Wildman–Crippen MR) is 118 cm³/mol. The molecule has 1 saturated heterocycles. The Bertz CT molecular complexity index is 1030. The highest BCUT2D eigenvalue weighted by Gasteiger charge is 2.43. The van der Waals surface area contributed by atoms with Crippen LogP contribution in [0.5, 0.6) is 0 Å². The predicted octanol–water partition coefficient (Wildman–Crippen LogP) is 4.27. The first-order valence-electron chi connectivity index (χ1n) is 10.6. The number of anilines is 1. The summed E-state index contributed by atoms with van der Waals surface area (Å²) in [6.07, 6.45) is 1.58. The van der Waals surface area contributed by atoms with Gasteiger partial charge < -0.3 is 14.7 Å². The third-order valence-corrected chi connectivity index (χ3v) is 6.24. The highest BCUT2D eigenvalue weighted by Crippen LogP contribution is 2.39. The maximum atomic E-state index is 13.1. The molecule has 2 aromatic rings. The van der Waals surface area contributed by atoms with Gasteiger partial charge in [0.15, 0.2) is 0 Å². The lowest BCUT2D eigenvalue weighted by Crippen LogP contribution is -2.46. The van der Waals surface area contributed by atoms with Crippen LogP contribution in [0.15, 0.2) is 36.4 Å². The van der Waals surface area contributed by atoms with E-state index in [9.17, 15) is 20.0 Å². The highest BCUT2D eigenvalue weighted by atomic mass is 16.5. The zero-order chi connectivity index (χ0) is 22.6. The average Bonchev–Trinajstić information content (AvgIpc) is 2.76. The van der Waals surface area contributed by atoms with Crippen molar-refractivity contribution in [2.75, 3.05) is 24.6 Å². The van der Waals surface area contributed by atoms with Crippen LogP contribution >= 0.6 is 0 Å². The van der Waals surface area contributed by atoms with Gasteiger partial charge in [0.2, 0.25) is 0 Å². The number of aromatic carboxylic acids is 1. The summed E-state index contributed by atoms with van der Waals surface area (Å²) >= 11 is 0. The molecule has 0 atom stereocenters. The first kappa shape index (κ1) is 22.4. The number of piperidine rings is 1. The van der Waals surface area contributed by atoms with Crippen molar-refractivity contribution >= 4 is 17.6 Å². The van der Waals surface area contributed by atoms with Crippen LogP contribution in [0.3, 0.4) is 0 Å². The molecule has 0 unspecified atom stereocenters. The van der Waals surface area contributed by atoms with E-state index >= 15 is 0 Å². The zero-order valence-corrected chi connectivity index (χ0v) is 18.3. The third-order valence-electron chi connectivity index (χ3n) is 6.24. The Morgan fingerprint density at radius 2 is 1.84 bits per heavy atom. The fraction of sp³-hybridized carbons (Fsp3) is 0.400. The Kier molecular flexibility index (Phi) is 6.65. The monoisotopic (exact) mass is 420 g/mol. The summed E-state index contributed by atoms with van der Waals surface area (Å²) in [6, 6.07) is 13.3. The summed E-state index contributed by atoms with van der Waals surface area (Å²) < 4.78 is 5.46. The van der Waals surface area contributed by atoms with E-state index < -0.39 is 11.4 Å². The number of para-hydroxylation sites is 1. The minimum absolute atomic E-state index is 0.236. The van der Waals surface area contributed by atoms with E-state index in [0.717, 1.165) is 16.8 Å². The first-order chi connectivity index (χ1) is 14.8. The van der Waals surface area contributed by atoms with Crippen molar-refractivity contribution in [2.24, 2.45) is 5.41 Å². The van der Waals surface area contributed by atoms with Crippen LogP contribution in [0.4, 0.5) is 5.69 Å². The molecular formula is C25H28N2O4. The molecule has 162 valence electrons. The molecule has 1 heterocycles. The molecule has 31 heavy (non-hydrogen) atoms. The number of hydrogen-bond donors (Lipinski definition) is 1. The van der Waals surface area contributed by atoms with E-state index in [0.29, 0.717) is 50.1 Å². The summed E-state index contributed by atoms with van der Waals surface area (Å²) in [5, 5.41) is 19.0. The number of carboxylic acid groups (broad SMARTS) is 1. The van der Waals surface area contributed by atoms with Crippen LogP contribution in [-0.2, 0) is 16.0 Å². The van der Waals surface area contributed by atoms with Gasteiger partial charge in [-0.2, -0.15) is 5.26 Å². The molecule has 0 aliphatic carbocycles. The number of nitriles is 1. The summed E-state index contributed by atoms with van der Waals surface area (Å²) in [5.41, 5.74) is 3.59. The largest absolute Gasteiger partial charge is 0.478 e. The number of ether oxygens (including phenoxy) is 1. The van der Waals surface area contributed by atoms with Crippen molar-refractivity contribution in [3.8, 4) is 6.07 Å². The van der Waals surface area contributed by atoms with Crippen LogP contribution in [0, 0.1) is 30.6 Å². The number of esters is 1. The molecule has 0 saturated carbocycles. The zero-order valence-electron chi connectivity index (χ0n) is 18.3. The Morgan fingerprint density at radius 3 is 2.45 bits per heavy atom. The molecule has 0 amide bonds. The van der Waals surface area contributed by atoms with Gasteiger partial charge in [0.1, 0.15) is 6.07 Å². The van der Waals surface area contributed by atoms with Crippen molar-refractivity contribution in [2.45, 2.75) is 40.0 Å². The lowest BCUT2D eigenvalue weighted by Gasteiger charge is -2.41. The molecule has 6 nitrogen and oxygen atoms in total. The summed E-state index contributed by atoms with van der Waals surface area (Å²) in [4.78, 5) is 26.8. The van der Waals surface area contributed by atoms with Crippen molar-refractivity contribution in [3.05, 3.63) is 64.2 Å². The second-order valence-corrected chi connectivity index (χ2v) is 8.19. The second-order valence-electron chi connectivity index (χ2n) is 8.19. The molecule has 1 fully saturated rings. The summed E-state index contributed by atoms with van der Waals surface area (Å²) in [6.45, 7) is 7.07. The molecule has 3 rings (SSSR count). The lowest BCUT2D eigenvalue weighted by molar-refractivity contribution is -0.156. The third kappa shape index (κ3) is 4.56. The number of nitrogens with zero attached hydrogens (tertiary/aromatic N) is 2. The van der Waals surface area contributed by atoms with Gasteiger partial charge in [-0.05, 0) is 74.9 Å². The Balaban J connectivity index is 1.91. The molecular weight excluding hydrogens is 392 g/mol. The minimum Gasteiger partial charge on any atom is -0.478 e. The number of rotatable bonds is 6. The Hall–Kier alpha value is -3.33. The quantitative estimate of drug-likeness (QED) is 0.702. The maximum Gasteiger partial charge on any atom is 0.335 e. The van der Waals surface area contributed by atoms with Gasteiger partial charge in [-0.1, -0.05) is 18.2 Å². The normalized spacial score (nSPS) is 15.2. The standard InChI is InChI=1S/C25H28N2O4/c1-4-31-24(30)25(15-20-14-21(23(28)29)18(3)13-17(20)2)9-11-27(12-10-25)22-8-6-5-7-19(22)16-26/h5-8,13-14H,4,9-12,15H2,1-3H3,(H,28,29). The topological polar surface area (TPSA) is 90.6 Å². The lowest BCUT2D eigenvalue weighted by atomic mass is 9.72. The van der Waals surface area contributed by atoms with Crippen molar-refractivity contribution < 1.29 is 19.4 Å². The van der Waals surface area contributed by atoms with E-state index in [-0.39, 0.29) is 11.5 Å². The van der Waals surface area contributed by atoms with Gasteiger partial charge in [0, 0.05) is 13.1 Å². The molecule has 0 bridgehead atoms. The van der Waals surface area contributed by atoms with E-state index in [1.165, 1.54) is 0 Å². The summed E-state index contributed by atoms with van der Waals surface area (Å²) in [7, 11) is 0. The molecule has 0 aromatic heterocycles. The van der Waals surface area contributed by atoms with Gasteiger partial charge in [-0.15, -0.1) is 0 Å². The average molecular weight is 421 g/mol. The molecule has 0 radical (unpaired) electrons. The van der Waals surface area contributed by atoms with Gasteiger partial charge in [-0.25, -0.2) is 4.79 Å². The number of carbonyl (C=O) groups excluding carboxylic acids is 1. The Labute approximate surface area is 183 Å². The van der Waals surface area contributed by atoms with Gasteiger partial charge >= 0.3 is 11.9 Å². The number of benzene rings is 2. The Morgan fingerprint density at radius 1 is 1.16 bits per heavy atom. The fourth-order valence-corrected chi connectivity index (χ4v) is 4.44. The fourth-order valence-electron chi connectivity index (χ4n) is 4.44. The van der Waals surface area contributed by atoms with Crippen molar-refractivity contribution in [1.82, 2.24) is 0 Å². The molecule has 1 aliphatic heterocycles.